The fourth-order valence-corrected chi connectivity index (χ4v) is 1.58. The zero-order valence-corrected chi connectivity index (χ0v) is 10.3. The van der Waals surface area contributed by atoms with Crippen molar-refractivity contribution in [2.45, 2.75) is 12.9 Å². The molecule has 15 heavy (non-hydrogen) atoms. The van der Waals surface area contributed by atoms with Crippen LogP contribution in [0.15, 0.2) is 15.3 Å². The van der Waals surface area contributed by atoms with Gasteiger partial charge in [-0.25, -0.2) is 4.98 Å². The molecule has 0 amide bonds. The van der Waals surface area contributed by atoms with Crippen LogP contribution in [0.25, 0.3) is 0 Å². The van der Waals surface area contributed by atoms with Gasteiger partial charge in [-0.1, -0.05) is 0 Å². The predicted molar refractivity (Wildman–Crippen MR) is 54.2 cm³/mol. The largest absolute Gasteiger partial charge is 0.573 e. The number of hydrogen-bond acceptors (Lipinski definition) is 3. The molecule has 0 aliphatic rings. The van der Waals surface area contributed by atoms with Crippen LogP contribution in [0.4, 0.5) is 13.2 Å². The molecule has 0 radical (unpaired) electrons. The van der Waals surface area contributed by atoms with Gasteiger partial charge in [0.25, 0.3) is 0 Å². The third-order valence-corrected chi connectivity index (χ3v) is 3.31. The van der Waals surface area contributed by atoms with Crippen molar-refractivity contribution in [2.24, 2.45) is 5.73 Å². The lowest BCUT2D eigenvalue weighted by Crippen LogP contribution is -2.19. The highest BCUT2D eigenvalue weighted by molar-refractivity contribution is 9.13. The molecular formula is C7H5Br2F3N2O. The molecule has 0 saturated heterocycles. The minimum absolute atomic E-state index is 0.0859. The lowest BCUT2D eigenvalue weighted by atomic mass is 10.2. The van der Waals surface area contributed by atoms with Crippen LogP contribution in [-0.4, -0.2) is 11.3 Å². The van der Waals surface area contributed by atoms with E-state index in [4.69, 9.17) is 5.73 Å². The summed E-state index contributed by atoms with van der Waals surface area (Å²) in [4.78, 5) is 3.78. The molecule has 1 rings (SSSR count). The molecule has 0 spiro atoms. The molecule has 8 heteroatoms. The molecule has 0 fully saturated rings. The number of ether oxygens (including phenoxy) is 1. The van der Waals surface area contributed by atoms with Crippen molar-refractivity contribution in [2.75, 3.05) is 0 Å². The lowest BCUT2D eigenvalue weighted by Gasteiger charge is -2.14. The Balaban J connectivity index is 3.18. The summed E-state index contributed by atoms with van der Waals surface area (Å²) in [5.41, 5.74) is 5.43. The highest BCUT2D eigenvalue weighted by atomic mass is 79.9. The summed E-state index contributed by atoms with van der Waals surface area (Å²) in [6.45, 7) is -0.0930. The summed E-state index contributed by atoms with van der Waals surface area (Å²) < 4.78 is 40.3. The van der Waals surface area contributed by atoms with Crippen LogP contribution in [0.3, 0.4) is 0 Å². The zero-order valence-electron chi connectivity index (χ0n) is 7.11. The monoisotopic (exact) mass is 348 g/mol. The van der Waals surface area contributed by atoms with Gasteiger partial charge in [0.2, 0.25) is 0 Å². The molecule has 0 aliphatic carbocycles. The van der Waals surface area contributed by atoms with E-state index in [2.05, 4.69) is 41.6 Å². The van der Waals surface area contributed by atoms with Crippen molar-refractivity contribution in [3.8, 4) is 5.75 Å². The predicted octanol–water partition coefficient (Wildman–Crippen LogP) is 2.96. The minimum Gasteiger partial charge on any atom is -0.404 e. The molecule has 0 aromatic carbocycles. The molecule has 2 N–H and O–H groups in total. The zero-order chi connectivity index (χ0) is 11.6. The first-order valence-corrected chi connectivity index (χ1v) is 5.22. The van der Waals surface area contributed by atoms with Gasteiger partial charge in [0.15, 0.2) is 5.75 Å². The van der Waals surface area contributed by atoms with Crippen molar-refractivity contribution in [1.29, 1.82) is 0 Å². The highest BCUT2D eigenvalue weighted by Gasteiger charge is 2.33. The standard InChI is InChI=1S/C7H5Br2F3N2O/c8-4-5(15-7(10,11)12)3(1-13)2-14-6(4)9/h2H,1,13H2. The Morgan fingerprint density at radius 1 is 1.40 bits per heavy atom. The van der Waals surface area contributed by atoms with Crippen molar-refractivity contribution >= 4 is 31.9 Å². The molecule has 3 nitrogen and oxygen atoms in total. The average molecular weight is 350 g/mol. The first-order valence-electron chi connectivity index (χ1n) is 3.64. The second kappa shape index (κ2) is 4.67. The van der Waals surface area contributed by atoms with Crippen LogP contribution >= 0.6 is 31.9 Å². The van der Waals surface area contributed by atoms with Crippen LogP contribution in [0.5, 0.6) is 5.75 Å². The fourth-order valence-electron chi connectivity index (χ4n) is 0.856. The molecule has 84 valence electrons. The van der Waals surface area contributed by atoms with Gasteiger partial charge < -0.3 is 10.5 Å². The van der Waals surface area contributed by atoms with Gasteiger partial charge in [-0.2, -0.15) is 0 Å². The number of nitrogens with two attached hydrogens (primary N) is 1. The van der Waals surface area contributed by atoms with Gasteiger partial charge in [0, 0.05) is 18.3 Å². The summed E-state index contributed by atoms with van der Waals surface area (Å²) in [5.74, 6) is -0.369. The van der Waals surface area contributed by atoms with E-state index in [1.54, 1.807) is 0 Å². The summed E-state index contributed by atoms with van der Waals surface area (Å²) in [7, 11) is 0. The van der Waals surface area contributed by atoms with Crippen molar-refractivity contribution < 1.29 is 17.9 Å². The Kier molecular flexibility index (Phi) is 3.96. The topological polar surface area (TPSA) is 48.1 Å². The third-order valence-electron chi connectivity index (χ3n) is 1.44. The van der Waals surface area contributed by atoms with Gasteiger partial charge in [-0.05, 0) is 31.9 Å². The minimum atomic E-state index is -4.76. The number of halogens is 5. The molecular weight excluding hydrogens is 345 g/mol. The molecule has 0 atom stereocenters. The maximum absolute atomic E-state index is 12.0. The van der Waals surface area contributed by atoms with E-state index < -0.39 is 6.36 Å². The SMILES string of the molecule is NCc1cnc(Br)c(Br)c1OC(F)(F)F. The van der Waals surface area contributed by atoms with Crippen LogP contribution in [0.1, 0.15) is 5.56 Å². The maximum Gasteiger partial charge on any atom is 0.573 e. The van der Waals surface area contributed by atoms with E-state index in [1.165, 1.54) is 6.20 Å². The summed E-state index contributed by atoms with van der Waals surface area (Å²) in [6.07, 6.45) is -3.54. The molecule has 1 heterocycles. The van der Waals surface area contributed by atoms with Crippen LogP contribution in [0, 0.1) is 0 Å². The summed E-state index contributed by atoms with van der Waals surface area (Å²) >= 11 is 5.91. The number of alkyl halides is 3. The second-order valence-electron chi connectivity index (χ2n) is 2.47. The number of hydrogen-bond donors (Lipinski definition) is 1. The fraction of sp³-hybridized carbons (Fsp3) is 0.286. The Hall–Kier alpha value is -0.340. The van der Waals surface area contributed by atoms with Gasteiger partial charge in [0.05, 0.1) is 4.47 Å². The average Bonchev–Trinajstić information content (AvgIpc) is 2.11. The van der Waals surface area contributed by atoms with Gasteiger partial charge in [-0.3, -0.25) is 0 Å². The van der Waals surface area contributed by atoms with Crippen molar-refractivity contribution in [1.82, 2.24) is 4.98 Å². The van der Waals surface area contributed by atoms with Crippen LogP contribution < -0.4 is 10.5 Å². The quantitative estimate of drug-likeness (QED) is 0.835. The molecule has 1 aromatic heterocycles. The molecule has 0 bridgehead atoms. The van der Waals surface area contributed by atoms with Gasteiger partial charge in [-0.15, -0.1) is 13.2 Å². The summed E-state index contributed by atoms with van der Waals surface area (Å²) in [6, 6.07) is 0. The Morgan fingerprint density at radius 3 is 2.47 bits per heavy atom. The van der Waals surface area contributed by atoms with Crippen LogP contribution in [-0.2, 0) is 6.54 Å². The molecule has 1 aromatic rings. The number of rotatable bonds is 2. The number of aromatic nitrogens is 1. The Bertz CT molecular complexity index is 370. The molecule has 0 saturated carbocycles. The van der Waals surface area contributed by atoms with E-state index in [1.807, 2.05) is 0 Å². The van der Waals surface area contributed by atoms with Crippen molar-refractivity contribution in [3.05, 3.63) is 20.8 Å². The first kappa shape index (κ1) is 12.7. The third kappa shape index (κ3) is 3.32. The van der Waals surface area contributed by atoms with E-state index in [9.17, 15) is 13.2 Å². The second-order valence-corrected chi connectivity index (χ2v) is 4.01. The van der Waals surface area contributed by atoms with E-state index in [0.29, 0.717) is 0 Å². The first-order chi connectivity index (χ1) is 6.85. The number of pyridine rings is 1. The molecule has 0 unspecified atom stereocenters. The Labute approximate surface area is 100 Å². The number of nitrogens with zero attached hydrogens (tertiary/aromatic N) is 1. The summed E-state index contributed by atoms with van der Waals surface area (Å²) in [5, 5.41) is 0. The van der Waals surface area contributed by atoms with E-state index in [-0.39, 0.29) is 26.9 Å². The van der Waals surface area contributed by atoms with Gasteiger partial charge in [0.1, 0.15) is 4.60 Å². The van der Waals surface area contributed by atoms with E-state index >= 15 is 0 Å². The lowest BCUT2D eigenvalue weighted by molar-refractivity contribution is -0.275. The van der Waals surface area contributed by atoms with Crippen molar-refractivity contribution in [3.63, 3.8) is 0 Å². The maximum atomic E-state index is 12.0. The smallest absolute Gasteiger partial charge is 0.404 e. The molecule has 0 aliphatic heterocycles. The highest BCUT2D eigenvalue weighted by Crippen LogP contribution is 2.37. The van der Waals surface area contributed by atoms with Gasteiger partial charge >= 0.3 is 6.36 Å². The Morgan fingerprint density at radius 2 is 2.00 bits per heavy atom. The van der Waals surface area contributed by atoms with E-state index in [0.717, 1.165) is 0 Å². The van der Waals surface area contributed by atoms with Crippen LogP contribution in [0.2, 0.25) is 0 Å². The normalized spacial score (nSPS) is 11.6.